The van der Waals surface area contributed by atoms with Crippen LogP contribution in [0.25, 0.3) is 0 Å². The van der Waals surface area contributed by atoms with Crippen LogP contribution < -0.4 is 10.1 Å². The van der Waals surface area contributed by atoms with Crippen molar-refractivity contribution in [2.45, 2.75) is 26.9 Å². The number of ether oxygens (including phenoxy) is 1. The number of rotatable bonds is 5. The van der Waals surface area contributed by atoms with E-state index in [2.05, 4.69) is 20.4 Å². The average Bonchev–Trinajstić information content (AvgIpc) is 2.80. The fourth-order valence-corrected chi connectivity index (χ4v) is 1.56. The highest BCUT2D eigenvalue weighted by Crippen LogP contribution is 2.17. The topological polar surface area (TPSA) is 64.9 Å². The molecule has 1 N–H and O–H groups in total. The predicted molar refractivity (Wildman–Crippen MR) is 67.5 cm³/mol. The van der Waals surface area contributed by atoms with Crippen LogP contribution in [-0.2, 0) is 13.1 Å². The standard InChI is InChI=1S/C12H17N5O/c1-4-17-8-11(7-15-17)18-12-14-6-10(5-13-3)9(2)16-12/h6-8,13H,4-5H2,1-3H3. The quantitative estimate of drug-likeness (QED) is 0.867. The molecule has 0 aromatic carbocycles. The minimum absolute atomic E-state index is 0.350. The molecule has 2 aromatic rings. The molecule has 0 fully saturated rings. The van der Waals surface area contributed by atoms with Crippen LogP contribution in [0.15, 0.2) is 18.6 Å². The van der Waals surface area contributed by atoms with Crippen LogP contribution in [0, 0.1) is 6.92 Å². The van der Waals surface area contributed by atoms with E-state index in [0.29, 0.717) is 11.8 Å². The molecule has 6 heteroatoms. The second-order valence-corrected chi connectivity index (χ2v) is 3.93. The van der Waals surface area contributed by atoms with E-state index in [4.69, 9.17) is 4.74 Å². The lowest BCUT2D eigenvalue weighted by molar-refractivity contribution is 0.438. The number of nitrogens with zero attached hydrogens (tertiary/aromatic N) is 4. The van der Waals surface area contributed by atoms with Crippen molar-refractivity contribution < 1.29 is 4.74 Å². The van der Waals surface area contributed by atoms with E-state index in [0.717, 1.165) is 24.3 Å². The van der Waals surface area contributed by atoms with Gasteiger partial charge in [-0.2, -0.15) is 10.1 Å². The molecule has 2 rings (SSSR count). The number of aryl methyl sites for hydroxylation is 2. The van der Waals surface area contributed by atoms with Gasteiger partial charge in [0, 0.05) is 30.5 Å². The molecule has 0 radical (unpaired) electrons. The molecule has 6 nitrogen and oxygen atoms in total. The largest absolute Gasteiger partial charge is 0.421 e. The number of nitrogens with one attached hydrogen (secondary N) is 1. The molecule has 0 aliphatic heterocycles. The van der Waals surface area contributed by atoms with Gasteiger partial charge in [0.15, 0.2) is 5.75 Å². The van der Waals surface area contributed by atoms with E-state index < -0.39 is 0 Å². The molecule has 0 bridgehead atoms. The van der Waals surface area contributed by atoms with Crippen molar-refractivity contribution >= 4 is 0 Å². The Morgan fingerprint density at radius 3 is 2.83 bits per heavy atom. The molecule has 0 saturated carbocycles. The Balaban J connectivity index is 2.12. The Hall–Kier alpha value is -1.95. The van der Waals surface area contributed by atoms with Crippen molar-refractivity contribution in [1.82, 2.24) is 25.1 Å². The van der Waals surface area contributed by atoms with Crippen LogP contribution in [0.5, 0.6) is 11.8 Å². The normalized spacial score (nSPS) is 10.6. The summed E-state index contributed by atoms with van der Waals surface area (Å²) in [4.78, 5) is 8.49. The summed E-state index contributed by atoms with van der Waals surface area (Å²) in [5.41, 5.74) is 1.98. The summed E-state index contributed by atoms with van der Waals surface area (Å²) in [6.07, 6.45) is 5.25. The van der Waals surface area contributed by atoms with Crippen LogP contribution in [0.2, 0.25) is 0 Å². The minimum Gasteiger partial charge on any atom is -0.421 e. The third kappa shape index (κ3) is 2.84. The van der Waals surface area contributed by atoms with Crippen molar-refractivity contribution in [3.05, 3.63) is 29.8 Å². The van der Waals surface area contributed by atoms with Gasteiger partial charge in [-0.15, -0.1) is 0 Å². The van der Waals surface area contributed by atoms with Gasteiger partial charge in [0.1, 0.15) is 0 Å². The van der Waals surface area contributed by atoms with E-state index in [1.54, 1.807) is 17.1 Å². The van der Waals surface area contributed by atoms with Gasteiger partial charge in [-0.3, -0.25) is 4.68 Å². The molecule has 0 spiro atoms. The predicted octanol–water partition coefficient (Wildman–Crippen LogP) is 1.51. The van der Waals surface area contributed by atoms with E-state index in [1.807, 2.05) is 27.1 Å². The molecule has 2 heterocycles. The van der Waals surface area contributed by atoms with Crippen molar-refractivity contribution in [2.24, 2.45) is 0 Å². The molecule has 2 aromatic heterocycles. The Labute approximate surface area is 106 Å². The summed E-state index contributed by atoms with van der Waals surface area (Å²) < 4.78 is 7.34. The van der Waals surface area contributed by atoms with Gasteiger partial charge in [-0.05, 0) is 20.9 Å². The molecule has 0 atom stereocenters. The summed E-state index contributed by atoms with van der Waals surface area (Å²) in [7, 11) is 1.89. The third-order valence-corrected chi connectivity index (χ3v) is 2.57. The zero-order valence-corrected chi connectivity index (χ0v) is 10.8. The van der Waals surface area contributed by atoms with Gasteiger partial charge in [-0.25, -0.2) is 4.98 Å². The Bertz CT molecular complexity index is 523. The number of hydrogen-bond donors (Lipinski definition) is 1. The van der Waals surface area contributed by atoms with Crippen LogP contribution in [0.4, 0.5) is 0 Å². The molecule has 96 valence electrons. The Kier molecular flexibility index (Phi) is 3.88. The molecule has 0 saturated heterocycles. The number of hydrogen-bond acceptors (Lipinski definition) is 5. The molecule has 0 aliphatic rings. The van der Waals surface area contributed by atoms with Crippen molar-refractivity contribution in [3.8, 4) is 11.8 Å². The molecular weight excluding hydrogens is 230 g/mol. The van der Waals surface area contributed by atoms with Gasteiger partial charge in [0.2, 0.25) is 0 Å². The lowest BCUT2D eigenvalue weighted by Gasteiger charge is -2.06. The molecule has 0 unspecified atom stereocenters. The minimum atomic E-state index is 0.350. The molecule has 0 amide bonds. The van der Waals surface area contributed by atoms with Gasteiger partial charge in [0.25, 0.3) is 0 Å². The first-order valence-electron chi connectivity index (χ1n) is 5.90. The maximum atomic E-state index is 5.55. The van der Waals surface area contributed by atoms with E-state index in [9.17, 15) is 0 Å². The van der Waals surface area contributed by atoms with Gasteiger partial charge >= 0.3 is 6.01 Å². The first-order valence-corrected chi connectivity index (χ1v) is 5.90. The van der Waals surface area contributed by atoms with Crippen molar-refractivity contribution in [3.63, 3.8) is 0 Å². The molecular formula is C12H17N5O. The monoisotopic (exact) mass is 247 g/mol. The van der Waals surface area contributed by atoms with Gasteiger partial charge in [0.05, 0.1) is 12.4 Å². The van der Waals surface area contributed by atoms with Crippen LogP contribution in [-0.4, -0.2) is 26.8 Å². The SMILES string of the molecule is CCn1cc(Oc2ncc(CNC)c(C)n2)cn1. The highest BCUT2D eigenvalue weighted by Gasteiger charge is 2.06. The van der Waals surface area contributed by atoms with Gasteiger partial charge in [-0.1, -0.05) is 0 Å². The zero-order chi connectivity index (χ0) is 13.0. The summed E-state index contributed by atoms with van der Waals surface area (Å²) in [5, 5.41) is 7.20. The van der Waals surface area contributed by atoms with Gasteiger partial charge < -0.3 is 10.1 Å². The summed E-state index contributed by atoms with van der Waals surface area (Å²) >= 11 is 0. The first-order chi connectivity index (χ1) is 8.72. The average molecular weight is 247 g/mol. The van der Waals surface area contributed by atoms with Crippen LogP contribution >= 0.6 is 0 Å². The Morgan fingerprint density at radius 1 is 1.39 bits per heavy atom. The zero-order valence-electron chi connectivity index (χ0n) is 10.8. The van der Waals surface area contributed by atoms with Crippen LogP contribution in [0.3, 0.4) is 0 Å². The van der Waals surface area contributed by atoms with Crippen LogP contribution in [0.1, 0.15) is 18.2 Å². The lowest BCUT2D eigenvalue weighted by atomic mass is 10.2. The lowest BCUT2D eigenvalue weighted by Crippen LogP contribution is -2.08. The maximum Gasteiger partial charge on any atom is 0.322 e. The fourth-order valence-electron chi connectivity index (χ4n) is 1.56. The fraction of sp³-hybridized carbons (Fsp3) is 0.417. The van der Waals surface area contributed by atoms with Crippen molar-refractivity contribution in [1.29, 1.82) is 0 Å². The smallest absolute Gasteiger partial charge is 0.322 e. The summed E-state index contributed by atoms with van der Waals surface area (Å²) in [6, 6.07) is 0.350. The summed E-state index contributed by atoms with van der Waals surface area (Å²) in [6.45, 7) is 5.52. The van der Waals surface area contributed by atoms with E-state index >= 15 is 0 Å². The molecule has 18 heavy (non-hydrogen) atoms. The number of aromatic nitrogens is 4. The second-order valence-electron chi connectivity index (χ2n) is 3.93. The third-order valence-electron chi connectivity index (χ3n) is 2.57. The van der Waals surface area contributed by atoms with E-state index in [-0.39, 0.29) is 0 Å². The Morgan fingerprint density at radius 2 is 2.22 bits per heavy atom. The highest BCUT2D eigenvalue weighted by atomic mass is 16.5. The molecule has 0 aliphatic carbocycles. The first kappa shape index (κ1) is 12.5. The van der Waals surface area contributed by atoms with E-state index in [1.165, 1.54) is 0 Å². The van der Waals surface area contributed by atoms with Crippen molar-refractivity contribution in [2.75, 3.05) is 7.05 Å². The maximum absolute atomic E-state index is 5.55. The summed E-state index contributed by atoms with van der Waals surface area (Å²) in [5.74, 6) is 0.651. The second kappa shape index (κ2) is 5.59. The highest BCUT2D eigenvalue weighted by molar-refractivity contribution is 5.21.